The number of pyridine rings is 1. The van der Waals surface area contributed by atoms with Crippen LogP contribution in [0.25, 0.3) is 49.9 Å². The minimum absolute atomic E-state index is 0.439. The lowest BCUT2D eigenvalue weighted by Crippen LogP contribution is -2.31. The molecule has 0 saturated carbocycles. The highest BCUT2D eigenvalue weighted by Crippen LogP contribution is 2.62. The van der Waals surface area contributed by atoms with Gasteiger partial charge in [-0.15, -0.1) is 0 Å². The first-order chi connectivity index (χ1) is 21.3. The van der Waals surface area contributed by atoms with E-state index in [9.17, 15) is 0 Å². The first kappa shape index (κ1) is 23.3. The zero-order chi connectivity index (χ0) is 28.1. The van der Waals surface area contributed by atoms with Crippen LogP contribution in [-0.4, -0.2) is 19.5 Å². The standard InChI is InChI=1S/C38H22N4S/c1-3-13-28-24(11-1)26-20-27-25-12-2-6-16-32(25)42(37-40-22-23-10-9-19-39-36(23)41-37)33(27)21-31(26)38(28)29-14-4-7-17-34(29)43-35-18-8-5-15-30(35)38/h1-22H. The van der Waals surface area contributed by atoms with Crippen LogP contribution in [0.1, 0.15) is 22.3 Å². The van der Waals surface area contributed by atoms with E-state index in [0.29, 0.717) is 11.6 Å². The van der Waals surface area contributed by atoms with E-state index in [2.05, 4.69) is 119 Å². The number of hydrogen-bond donors (Lipinski definition) is 0. The Labute approximate surface area is 251 Å². The Bertz CT molecular complexity index is 2410. The Morgan fingerprint density at radius 1 is 0.558 bits per heavy atom. The molecule has 0 amide bonds. The Morgan fingerprint density at radius 3 is 2.12 bits per heavy atom. The summed E-state index contributed by atoms with van der Waals surface area (Å²) in [5.74, 6) is 0.627. The van der Waals surface area contributed by atoms with Crippen LogP contribution in [0, 0.1) is 0 Å². The number of aromatic nitrogens is 4. The van der Waals surface area contributed by atoms with Crippen molar-refractivity contribution in [3.63, 3.8) is 0 Å². The topological polar surface area (TPSA) is 43.6 Å². The molecule has 0 fully saturated rings. The maximum atomic E-state index is 4.96. The molecule has 5 heteroatoms. The molecule has 4 heterocycles. The molecule has 1 aliphatic carbocycles. The van der Waals surface area contributed by atoms with E-state index in [1.165, 1.54) is 53.9 Å². The third-order valence-electron chi connectivity index (χ3n) is 9.18. The number of para-hydroxylation sites is 1. The number of rotatable bonds is 1. The molecule has 0 saturated heterocycles. The summed E-state index contributed by atoms with van der Waals surface area (Å²) >= 11 is 1.87. The summed E-state index contributed by atoms with van der Waals surface area (Å²) in [7, 11) is 0. The zero-order valence-corrected chi connectivity index (χ0v) is 23.7. The van der Waals surface area contributed by atoms with Crippen LogP contribution < -0.4 is 0 Å². The fraction of sp³-hybridized carbons (Fsp3) is 0.0263. The van der Waals surface area contributed by atoms with Gasteiger partial charge in [-0.25, -0.2) is 9.97 Å². The molecule has 1 spiro atoms. The van der Waals surface area contributed by atoms with Crippen LogP contribution in [0.3, 0.4) is 0 Å². The minimum Gasteiger partial charge on any atom is -0.278 e. The zero-order valence-electron chi connectivity index (χ0n) is 22.9. The highest BCUT2D eigenvalue weighted by Gasteiger charge is 2.50. The van der Waals surface area contributed by atoms with Gasteiger partial charge in [0.2, 0.25) is 5.95 Å². The summed E-state index contributed by atoms with van der Waals surface area (Å²) in [6.45, 7) is 0. The van der Waals surface area contributed by atoms with Crippen LogP contribution in [0.4, 0.5) is 0 Å². The average molecular weight is 567 g/mol. The first-order valence-electron chi connectivity index (χ1n) is 14.4. The molecule has 1 aliphatic heterocycles. The van der Waals surface area contributed by atoms with Crippen LogP contribution in [0.15, 0.2) is 144 Å². The number of benzene rings is 5. The highest BCUT2D eigenvalue weighted by atomic mass is 32.2. The Balaban J connectivity index is 1.39. The van der Waals surface area contributed by atoms with Gasteiger partial charge in [-0.3, -0.25) is 4.57 Å². The smallest absolute Gasteiger partial charge is 0.236 e. The largest absolute Gasteiger partial charge is 0.278 e. The van der Waals surface area contributed by atoms with Gasteiger partial charge < -0.3 is 0 Å². The summed E-state index contributed by atoms with van der Waals surface area (Å²) < 4.78 is 2.21. The Hall–Kier alpha value is -5.26. The van der Waals surface area contributed by atoms with E-state index in [1.54, 1.807) is 6.20 Å². The molecular formula is C38H22N4S. The van der Waals surface area contributed by atoms with Gasteiger partial charge in [0.1, 0.15) is 0 Å². The van der Waals surface area contributed by atoms with Crippen molar-refractivity contribution in [1.82, 2.24) is 19.5 Å². The SMILES string of the molecule is c1ccc2c(c1)Sc1ccccc1C21c2ccccc2-c2cc3c4ccccc4n(-c4ncc5cccnc5n4)c3cc21. The first-order valence-corrected chi connectivity index (χ1v) is 15.3. The molecule has 2 aliphatic rings. The van der Waals surface area contributed by atoms with Crippen LogP contribution in [0.5, 0.6) is 0 Å². The molecule has 0 radical (unpaired) electrons. The normalized spacial score (nSPS) is 14.1. The molecule has 200 valence electrons. The van der Waals surface area contributed by atoms with Crippen molar-refractivity contribution in [1.29, 1.82) is 0 Å². The second kappa shape index (κ2) is 8.40. The molecule has 4 nitrogen and oxygen atoms in total. The maximum Gasteiger partial charge on any atom is 0.236 e. The molecule has 0 unspecified atom stereocenters. The molecule has 0 atom stereocenters. The molecule has 8 aromatic rings. The van der Waals surface area contributed by atoms with E-state index in [4.69, 9.17) is 9.97 Å². The molecule has 43 heavy (non-hydrogen) atoms. The van der Waals surface area contributed by atoms with Gasteiger partial charge in [-0.05, 0) is 75.8 Å². The molecule has 0 bridgehead atoms. The molecule has 10 rings (SSSR count). The lowest BCUT2D eigenvalue weighted by atomic mass is 9.67. The number of fused-ring (bicyclic) bond motifs is 13. The molecule has 0 N–H and O–H groups in total. The van der Waals surface area contributed by atoms with Gasteiger partial charge in [0, 0.05) is 38.3 Å². The van der Waals surface area contributed by atoms with Gasteiger partial charge in [-0.1, -0.05) is 90.6 Å². The lowest BCUT2D eigenvalue weighted by Gasteiger charge is -2.39. The van der Waals surface area contributed by atoms with Gasteiger partial charge >= 0.3 is 0 Å². The second-order valence-electron chi connectivity index (χ2n) is 11.2. The van der Waals surface area contributed by atoms with Crippen molar-refractivity contribution in [2.45, 2.75) is 15.2 Å². The maximum absolute atomic E-state index is 4.96. The summed E-state index contributed by atoms with van der Waals surface area (Å²) in [5, 5.41) is 3.30. The molecular weight excluding hydrogens is 545 g/mol. The van der Waals surface area contributed by atoms with Crippen molar-refractivity contribution in [3.8, 4) is 17.1 Å². The Morgan fingerprint density at radius 2 is 1.28 bits per heavy atom. The van der Waals surface area contributed by atoms with E-state index < -0.39 is 5.41 Å². The second-order valence-corrected chi connectivity index (χ2v) is 12.3. The molecule has 5 aromatic carbocycles. The molecule has 3 aromatic heterocycles. The van der Waals surface area contributed by atoms with Crippen LogP contribution in [0.2, 0.25) is 0 Å². The van der Waals surface area contributed by atoms with Crippen molar-refractivity contribution in [2.24, 2.45) is 0 Å². The van der Waals surface area contributed by atoms with E-state index in [-0.39, 0.29) is 0 Å². The Kier molecular flexibility index (Phi) is 4.56. The highest BCUT2D eigenvalue weighted by molar-refractivity contribution is 7.99. The fourth-order valence-electron chi connectivity index (χ4n) is 7.49. The van der Waals surface area contributed by atoms with Crippen LogP contribution in [-0.2, 0) is 5.41 Å². The fourth-order valence-corrected chi connectivity index (χ4v) is 8.68. The van der Waals surface area contributed by atoms with Gasteiger partial charge in [0.05, 0.1) is 16.4 Å². The summed E-state index contributed by atoms with van der Waals surface area (Å²) in [6.07, 6.45) is 3.66. The predicted octanol–water partition coefficient (Wildman–Crippen LogP) is 8.95. The minimum atomic E-state index is -0.439. The van der Waals surface area contributed by atoms with Crippen molar-refractivity contribution in [2.75, 3.05) is 0 Å². The quantitative estimate of drug-likeness (QED) is 0.199. The average Bonchev–Trinajstić information content (AvgIpc) is 3.54. The van der Waals surface area contributed by atoms with Gasteiger partial charge in [-0.2, -0.15) is 4.98 Å². The summed E-state index contributed by atoms with van der Waals surface area (Å²) in [4.78, 5) is 17.0. The van der Waals surface area contributed by atoms with Crippen molar-refractivity contribution in [3.05, 3.63) is 156 Å². The number of hydrogen-bond acceptors (Lipinski definition) is 4. The third kappa shape index (κ3) is 2.94. The van der Waals surface area contributed by atoms with Gasteiger partial charge in [0.25, 0.3) is 0 Å². The van der Waals surface area contributed by atoms with Crippen molar-refractivity contribution < 1.29 is 0 Å². The third-order valence-corrected chi connectivity index (χ3v) is 10.3. The lowest BCUT2D eigenvalue weighted by molar-refractivity contribution is 0.723. The summed E-state index contributed by atoms with van der Waals surface area (Å²) in [5.41, 5.74) is 10.3. The van der Waals surface area contributed by atoms with E-state index in [1.807, 2.05) is 30.1 Å². The van der Waals surface area contributed by atoms with Crippen LogP contribution >= 0.6 is 11.8 Å². The van der Waals surface area contributed by atoms with Gasteiger partial charge in [0.15, 0.2) is 5.65 Å². The van der Waals surface area contributed by atoms with E-state index in [0.717, 1.165) is 16.4 Å². The van der Waals surface area contributed by atoms with E-state index >= 15 is 0 Å². The van der Waals surface area contributed by atoms with Crippen molar-refractivity contribution >= 4 is 44.6 Å². The monoisotopic (exact) mass is 566 g/mol. The summed E-state index contributed by atoms with van der Waals surface area (Å²) in [6, 6.07) is 44.1. The number of nitrogens with zero attached hydrogens (tertiary/aromatic N) is 4. The predicted molar refractivity (Wildman–Crippen MR) is 173 cm³/mol.